The zero-order valence-electron chi connectivity index (χ0n) is 17.2. The van der Waals surface area contributed by atoms with Crippen molar-refractivity contribution in [2.24, 2.45) is 4.99 Å². The van der Waals surface area contributed by atoms with Crippen LogP contribution in [0.2, 0.25) is 0 Å². The van der Waals surface area contributed by atoms with Gasteiger partial charge in [0, 0.05) is 36.1 Å². The second-order valence-electron chi connectivity index (χ2n) is 7.79. The molecule has 1 unspecified atom stereocenters. The average Bonchev–Trinajstić information content (AvgIpc) is 2.65. The van der Waals surface area contributed by atoms with Crippen molar-refractivity contribution >= 4 is 17.6 Å². The molecule has 2 aromatic carbocycles. The molecule has 0 aliphatic carbocycles. The van der Waals surface area contributed by atoms with Crippen molar-refractivity contribution in [2.75, 3.05) is 25.7 Å². The van der Waals surface area contributed by atoms with Crippen molar-refractivity contribution in [3.63, 3.8) is 0 Å². The molecular weight excluding hydrogens is 336 g/mol. The molecule has 0 N–H and O–H groups in total. The number of methoxy groups -OCH3 is 1. The normalized spacial score (nSPS) is 18.4. The Morgan fingerprint density at radius 1 is 1.22 bits per heavy atom. The lowest BCUT2D eigenvalue weighted by atomic mass is 9.80. The number of fused-ring (bicyclic) bond motifs is 1. The van der Waals surface area contributed by atoms with Gasteiger partial charge in [0.25, 0.3) is 0 Å². The van der Waals surface area contributed by atoms with Crippen LogP contribution in [0.4, 0.5) is 11.4 Å². The van der Waals surface area contributed by atoms with E-state index in [9.17, 15) is 0 Å². The quantitative estimate of drug-likeness (QED) is 0.649. The highest BCUT2D eigenvalue weighted by molar-refractivity contribution is 5.88. The topological polar surface area (TPSA) is 34.1 Å². The van der Waals surface area contributed by atoms with E-state index in [0.29, 0.717) is 12.5 Å². The van der Waals surface area contributed by atoms with Gasteiger partial charge in [-0.05, 0) is 56.9 Å². The summed E-state index contributed by atoms with van der Waals surface area (Å²) in [5.74, 6) is 2.12. The third kappa shape index (κ3) is 3.80. The molecule has 0 spiro atoms. The lowest BCUT2D eigenvalue weighted by Gasteiger charge is -2.45. The summed E-state index contributed by atoms with van der Waals surface area (Å²) in [6, 6.07) is 12.2. The van der Waals surface area contributed by atoms with Gasteiger partial charge in [0.2, 0.25) is 0 Å². The van der Waals surface area contributed by atoms with Crippen LogP contribution in [0, 0.1) is 0 Å². The van der Waals surface area contributed by atoms with Gasteiger partial charge in [0.05, 0.1) is 13.7 Å². The van der Waals surface area contributed by atoms with Gasteiger partial charge in [0.15, 0.2) is 0 Å². The summed E-state index contributed by atoms with van der Waals surface area (Å²) in [4.78, 5) is 7.04. The van der Waals surface area contributed by atoms with Crippen molar-refractivity contribution < 1.29 is 9.47 Å². The number of hydrogen-bond donors (Lipinski definition) is 0. The molecule has 3 rings (SSSR count). The van der Waals surface area contributed by atoms with Gasteiger partial charge in [0.1, 0.15) is 17.2 Å². The number of aliphatic imine (C=N–C) groups is 1. The number of benzene rings is 2. The first-order valence-corrected chi connectivity index (χ1v) is 9.59. The standard InChI is InChI=1S/C23H30N2O2/c1-7-27-21-11-9-8-10-19(21)24-15-17-12-18-16(2)14-23(3,4)25(5)20(18)13-22(17)26-6/h8-13,15-16H,7,14H2,1-6H3. The number of hydrogen-bond acceptors (Lipinski definition) is 4. The highest BCUT2D eigenvalue weighted by Crippen LogP contribution is 2.44. The van der Waals surface area contributed by atoms with E-state index in [4.69, 9.17) is 9.47 Å². The fourth-order valence-corrected chi connectivity index (χ4v) is 3.87. The maximum absolute atomic E-state index is 5.68. The van der Waals surface area contributed by atoms with E-state index < -0.39 is 0 Å². The Bertz CT molecular complexity index is 842. The highest BCUT2D eigenvalue weighted by atomic mass is 16.5. The molecule has 0 radical (unpaired) electrons. The zero-order valence-corrected chi connectivity index (χ0v) is 17.2. The van der Waals surface area contributed by atoms with E-state index in [1.54, 1.807) is 7.11 Å². The maximum Gasteiger partial charge on any atom is 0.144 e. The number of nitrogens with zero attached hydrogens (tertiary/aromatic N) is 2. The van der Waals surface area contributed by atoms with Crippen LogP contribution in [-0.4, -0.2) is 32.5 Å². The zero-order chi connectivity index (χ0) is 19.6. The van der Waals surface area contributed by atoms with E-state index in [1.807, 2.05) is 37.4 Å². The number of rotatable bonds is 5. The van der Waals surface area contributed by atoms with Gasteiger partial charge in [-0.15, -0.1) is 0 Å². The first kappa shape index (κ1) is 19.3. The molecule has 1 aliphatic rings. The molecule has 4 nitrogen and oxygen atoms in total. The van der Waals surface area contributed by atoms with Gasteiger partial charge in [-0.1, -0.05) is 19.1 Å². The largest absolute Gasteiger partial charge is 0.496 e. The maximum atomic E-state index is 5.68. The molecule has 2 aromatic rings. The molecule has 0 fully saturated rings. The van der Waals surface area contributed by atoms with E-state index in [-0.39, 0.29) is 5.54 Å². The first-order valence-electron chi connectivity index (χ1n) is 9.59. The van der Waals surface area contributed by atoms with Crippen LogP contribution >= 0.6 is 0 Å². The second-order valence-corrected chi connectivity index (χ2v) is 7.79. The van der Waals surface area contributed by atoms with Gasteiger partial charge in [-0.2, -0.15) is 0 Å². The Hall–Kier alpha value is -2.49. The van der Waals surface area contributed by atoms with Crippen molar-refractivity contribution in [1.29, 1.82) is 0 Å². The van der Waals surface area contributed by atoms with Crippen molar-refractivity contribution in [3.05, 3.63) is 47.5 Å². The molecule has 144 valence electrons. The molecule has 4 heteroatoms. The minimum absolute atomic E-state index is 0.128. The Kier molecular flexibility index (Phi) is 5.45. The second kappa shape index (κ2) is 7.63. The average molecular weight is 367 g/mol. The predicted octanol–water partition coefficient (Wildman–Crippen LogP) is 5.57. The monoisotopic (exact) mass is 366 g/mol. The molecule has 0 amide bonds. The van der Waals surface area contributed by atoms with Crippen LogP contribution < -0.4 is 14.4 Å². The van der Waals surface area contributed by atoms with Gasteiger partial charge in [-0.25, -0.2) is 0 Å². The summed E-state index contributed by atoms with van der Waals surface area (Å²) in [5.41, 5.74) is 4.52. The smallest absolute Gasteiger partial charge is 0.144 e. The Morgan fingerprint density at radius 3 is 2.67 bits per heavy atom. The minimum Gasteiger partial charge on any atom is -0.496 e. The lowest BCUT2D eigenvalue weighted by molar-refractivity contribution is 0.341. The first-order chi connectivity index (χ1) is 12.9. The third-order valence-corrected chi connectivity index (χ3v) is 5.49. The number of anilines is 1. The number of ether oxygens (including phenoxy) is 2. The fraction of sp³-hybridized carbons (Fsp3) is 0.435. The molecule has 1 atom stereocenters. The Labute approximate surface area is 162 Å². The summed E-state index contributed by atoms with van der Waals surface area (Å²) >= 11 is 0. The molecule has 1 aliphatic heterocycles. The van der Waals surface area contributed by atoms with E-state index in [1.165, 1.54) is 11.3 Å². The molecule has 0 saturated heterocycles. The molecule has 27 heavy (non-hydrogen) atoms. The SMILES string of the molecule is CCOc1ccccc1N=Cc1cc2c(cc1OC)N(C)C(C)(C)CC2C. The Morgan fingerprint density at radius 2 is 1.96 bits per heavy atom. The highest BCUT2D eigenvalue weighted by Gasteiger charge is 2.34. The lowest BCUT2D eigenvalue weighted by Crippen LogP contribution is -2.45. The van der Waals surface area contributed by atoms with E-state index in [0.717, 1.165) is 29.2 Å². The van der Waals surface area contributed by atoms with Gasteiger partial charge in [-0.3, -0.25) is 4.99 Å². The van der Waals surface area contributed by atoms with Crippen LogP contribution in [-0.2, 0) is 0 Å². The third-order valence-electron chi connectivity index (χ3n) is 5.49. The summed E-state index contributed by atoms with van der Waals surface area (Å²) in [6.45, 7) is 9.48. The molecule has 0 saturated carbocycles. The van der Waals surface area contributed by atoms with Crippen LogP contribution in [0.15, 0.2) is 41.4 Å². The predicted molar refractivity (Wildman–Crippen MR) is 113 cm³/mol. The summed E-state index contributed by atoms with van der Waals surface area (Å²) < 4.78 is 11.4. The number of para-hydroxylation sites is 2. The fourth-order valence-electron chi connectivity index (χ4n) is 3.87. The summed E-state index contributed by atoms with van der Waals surface area (Å²) in [6.07, 6.45) is 3.00. The molecule has 1 heterocycles. The van der Waals surface area contributed by atoms with Crippen molar-refractivity contribution in [1.82, 2.24) is 0 Å². The van der Waals surface area contributed by atoms with Crippen LogP contribution in [0.1, 0.15) is 51.2 Å². The Balaban J connectivity index is 2.02. The van der Waals surface area contributed by atoms with Gasteiger partial charge < -0.3 is 14.4 Å². The van der Waals surface area contributed by atoms with Gasteiger partial charge >= 0.3 is 0 Å². The van der Waals surface area contributed by atoms with Crippen LogP contribution in [0.25, 0.3) is 0 Å². The van der Waals surface area contributed by atoms with E-state index in [2.05, 4.69) is 49.8 Å². The van der Waals surface area contributed by atoms with E-state index >= 15 is 0 Å². The molecule has 0 bridgehead atoms. The summed E-state index contributed by atoms with van der Waals surface area (Å²) in [7, 11) is 3.88. The van der Waals surface area contributed by atoms with Crippen molar-refractivity contribution in [3.8, 4) is 11.5 Å². The minimum atomic E-state index is 0.128. The summed E-state index contributed by atoms with van der Waals surface area (Å²) in [5, 5.41) is 0. The van der Waals surface area contributed by atoms with Crippen LogP contribution in [0.3, 0.4) is 0 Å². The van der Waals surface area contributed by atoms with Crippen LogP contribution in [0.5, 0.6) is 11.5 Å². The molecular formula is C23H30N2O2. The van der Waals surface area contributed by atoms with Crippen molar-refractivity contribution in [2.45, 2.75) is 45.6 Å². The molecule has 0 aromatic heterocycles.